The van der Waals surface area contributed by atoms with Crippen LogP contribution in [0.15, 0.2) is 24.5 Å². The van der Waals surface area contributed by atoms with E-state index < -0.39 is 0 Å². The number of hydrogen-bond donors (Lipinski definition) is 2. The molecule has 2 unspecified atom stereocenters. The minimum atomic E-state index is 0.551. The Labute approximate surface area is 117 Å². The van der Waals surface area contributed by atoms with Crippen molar-refractivity contribution in [1.29, 1.82) is 0 Å². The first-order valence-corrected chi connectivity index (χ1v) is 7.43. The number of nitrogen functional groups attached to an aromatic ring is 1. The van der Waals surface area contributed by atoms with Crippen molar-refractivity contribution in [2.45, 2.75) is 32.2 Å². The normalized spacial score (nSPS) is 22.6. The van der Waals surface area contributed by atoms with E-state index in [2.05, 4.69) is 21.6 Å². The molecule has 2 aromatic heterocycles. The molecule has 1 fully saturated rings. The molecule has 0 aromatic carbocycles. The summed E-state index contributed by atoms with van der Waals surface area (Å²) in [6.07, 6.45) is 7.33. The second kappa shape index (κ2) is 5.17. The van der Waals surface area contributed by atoms with Gasteiger partial charge in [-0.25, -0.2) is 0 Å². The first kappa shape index (κ1) is 12.4. The largest absolute Gasteiger partial charge is 0.382 e. The Bertz CT molecular complexity index is 552. The van der Waals surface area contributed by atoms with Crippen LogP contribution in [0.2, 0.25) is 0 Å². The highest BCUT2D eigenvalue weighted by Crippen LogP contribution is 2.38. The highest BCUT2D eigenvalue weighted by molar-refractivity contribution is 7.11. The van der Waals surface area contributed by atoms with E-state index in [1.165, 1.54) is 30.8 Å². The minimum Gasteiger partial charge on any atom is -0.382 e. The lowest BCUT2D eigenvalue weighted by atomic mass is 10.1. The molecular weight excluding hydrogens is 256 g/mol. The fourth-order valence-electron chi connectivity index (χ4n) is 2.72. The molecule has 100 valence electrons. The Balaban J connectivity index is 1.87. The van der Waals surface area contributed by atoms with Crippen LogP contribution < -0.4 is 11.1 Å². The van der Waals surface area contributed by atoms with Crippen LogP contribution in [-0.4, -0.2) is 15.4 Å². The van der Waals surface area contributed by atoms with Gasteiger partial charge in [-0.15, -0.1) is 0 Å². The van der Waals surface area contributed by atoms with Gasteiger partial charge in [0.1, 0.15) is 10.8 Å². The van der Waals surface area contributed by atoms with Crippen molar-refractivity contribution in [2.24, 2.45) is 5.92 Å². The maximum Gasteiger partial charge on any atom is 0.147 e. The summed E-state index contributed by atoms with van der Waals surface area (Å²) in [5.41, 5.74) is 8.11. The molecule has 0 saturated heterocycles. The van der Waals surface area contributed by atoms with E-state index in [1.807, 2.05) is 12.1 Å². The van der Waals surface area contributed by atoms with E-state index in [4.69, 9.17) is 5.73 Å². The molecule has 1 saturated carbocycles. The van der Waals surface area contributed by atoms with Gasteiger partial charge in [0.15, 0.2) is 0 Å². The first-order chi connectivity index (χ1) is 9.24. The molecule has 0 spiro atoms. The second-order valence-electron chi connectivity index (χ2n) is 5.27. The zero-order valence-corrected chi connectivity index (χ0v) is 11.8. The Morgan fingerprint density at radius 1 is 1.32 bits per heavy atom. The Morgan fingerprint density at radius 3 is 2.79 bits per heavy atom. The van der Waals surface area contributed by atoms with Crippen LogP contribution >= 0.6 is 11.5 Å². The molecule has 0 aliphatic heterocycles. The van der Waals surface area contributed by atoms with E-state index in [0.717, 1.165) is 22.0 Å². The molecule has 4 nitrogen and oxygen atoms in total. The number of nitrogens with two attached hydrogens (primary N) is 1. The number of aromatic nitrogens is 2. The lowest BCUT2D eigenvalue weighted by Gasteiger charge is -2.13. The van der Waals surface area contributed by atoms with Gasteiger partial charge in [0.05, 0.1) is 5.56 Å². The van der Waals surface area contributed by atoms with E-state index in [0.29, 0.717) is 11.9 Å². The lowest BCUT2D eigenvalue weighted by Crippen LogP contribution is -2.14. The summed E-state index contributed by atoms with van der Waals surface area (Å²) in [5.74, 6) is 1.41. The number of nitrogens with one attached hydrogen (secondary N) is 1. The zero-order valence-electron chi connectivity index (χ0n) is 11.0. The van der Waals surface area contributed by atoms with Gasteiger partial charge in [-0.05, 0) is 54.4 Å². The van der Waals surface area contributed by atoms with Crippen molar-refractivity contribution in [2.75, 3.05) is 11.1 Å². The fourth-order valence-corrected chi connectivity index (χ4v) is 3.54. The molecule has 2 heterocycles. The van der Waals surface area contributed by atoms with E-state index >= 15 is 0 Å². The van der Waals surface area contributed by atoms with Crippen LogP contribution in [0.25, 0.3) is 11.1 Å². The molecule has 1 aliphatic rings. The number of nitrogens with zero attached hydrogens (tertiary/aromatic N) is 2. The Morgan fingerprint density at radius 2 is 2.11 bits per heavy atom. The third-order valence-electron chi connectivity index (χ3n) is 3.72. The minimum absolute atomic E-state index is 0.551. The molecule has 5 heteroatoms. The summed E-state index contributed by atoms with van der Waals surface area (Å²) >= 11 is 1.45. The summed E-state index contributed by atoms with van der Waals surface area (Å²) in [4.78, 5) is 4.05. The van der Waals surface area contributed by atoms with E-state index in [-0.39, 0.29) is 0 Å². The average molecular weight is 274 g/mol. The smallest absolute Gasteiger partial charge is 0.147 e. The van der Waals surface area contributed by atoms with Crippen molar-refractivity contribution in [3.05, 3.63) is 24.5 Å². The van der Waals surface area contributed by atoms with Gasteiger partial charge in [0.25, 0.3) is 0 Å². The summed E-state index contributed by atoms with van der Waals surface area (Å²) < 4.78 is 4.29. The summed E-state index contributed by atoms with van der Waals surface area (Å²) in [7, 11) is 0. The maximum atomic E-state index is 6.01. The van der Waals surface area contributed by atoms with Gasteiger partial charge in [0.2, 0.25) is 0 Å². The topological polar surface area (TPSA) is 63.8 Å². The first-order valence-electron chi connectivity index (χ1n) is 6.66. The number of anilines is 2. The molecule has 0 amide bonds. The molecule has 0 radical (unpaired) electrons. The Hall–Kier alpha value is -1.62. The second-order valence-corrected chi connectivity index (χ2v) is 6.04. The molecule has 3 N–H and O–H groups in total. The highest BCUT2D eigenvalue weighted by atomic mass is 32.1. The maximum absolute atomic E-state index is 6.01. The van der Waals surface area contributed by atoms with Gasteiger partial charge in [-0.1, -0.05) is 6.92 Å². The highest BCUT2D eigenvalue weighted by Gasteiger charge is 2.23. The standard InChI is InChI=1S/C14H18N4S/c1-9-2-3-11(8-9)17-14-12(13(15)18-19-14)10-4-6-16-7-5-10/h4-7,9,11,17H,2-3,8H2,1H3,(H2,15,18). The van der Waals surface area contributed by atoms with Gasteiger partial charge in [-0.3, -0.25) is 4.98 Å². The molecule has 2 aromatic rings. The molecule has 19 heavy (non-hydrogen) atoms. The molecule has 2 atom stereocenters. The van der Waals surface area contributed by atoms with Gasteiger partial charge in [0, 0.05) is 18.4 Å². The third kappa shape index (κ3) is 2.56. The van der Waals surface area contributed by atoms with Gasteiger partial charge in [-0.2, -0.15) is 4.37 Å². The monoisotopic (exact) mass is 274 g/mol. The van der Waals surface area contributed by atoms with Crippen molar-refractivity contribution < 1.29 is 0 Å². The SMILES string of the molecule is CC1CCC(Nc2snc(N)c2-c2ccncc2)C1. The molecule has 1 aliphatic carbocycles. The van der Waals surface area contributed by atoms with Crippen LogP contribution in [0.3, 0.4) is 0 Å². The van der Waals surface area contributed by atoms with E-state index in [1.54, 1.807) is 12.4 Å². The van der Waals surface area contributed by atoms with Crippen molar-refractivity contribution >= 4 is 22.4 Å². The third-order valence-corrected chi connectivity index (χ3v) is 4.51. The molecular formula is C14H18N4S. The average Bonchev–Trinajstić information content (AvgIpc) is 2.98. The zero-order chi connectivity index (χ0) is 13.2. The van der Waals surface area contributed by atoms with Crippen molar-refractivity contribution in [3.63, 3.8) is 0 Å². The molecule has 3 rings (SSSR count). The number of hydrogen-bond acceptors (Lipinski definition) is 5. The fraction of sp³-hybridized carbons (Fsp3) is 0.429. The predicted molar refractivity (Wildman–Crippen MR) is 80.2 cm³/mol. The van der Waals surface area contributed by atoms with E-state index in [9.17, 15) is 0 Å². The van der Waals surface area contributed by atoms with Crippen molar-refractivity contribution in [1.82, 2.24) is 9.36 Å². The number of pyridine rings is 1. The number of rotatable bonds is 3. The van der Waals surface area contributed by atoms with Crippen LogP contribution in [0.5, 0.6) is 0 Å². The van der Waals surface area contributed by atoms with Crippen LogP contribution in [0.1, 0.15) is 26.2 Å². The van der Waals surface area contributed by atoms with Crippen LogP contribution in [0, 0.1) is 5.92 Å². The quantitative estimate of drug-likeness (QED) is 0.900. The van der Waals surface area contributed by atoms with Crippen LogP contribution in [-0.2, 0) is 0 Å². The summed E-state index contributed by atoms with van der Waals surface area (Å²) in [6.45, 7) is 2.31. The predicted octanol–water partition coefficient (Wildman–Crippen LogP) is 3.39. The summed E-state index contributed by atoms with van der Waals surface area (Å²) in [5, 5.41) is 4.70. The lowest BCUT2D eigenvalue weighted by molar-refractivity contribution is 0.603. The van der Waals surface area contributed by atoms with Crippen molar-refractivity contribution in [3.8, 4) is 11.1 Å². The molecule has 0 bridgehead atoms. The van der Waals surface area contributed by atoms with Crippen LogP contribution in [0.4, 0.5) is 10.8 Å². The van der Waals surface area contributed by atoms with Gasteiger partial charge >= 0.3 is 0 Å². The Kier molecular flexibility index (Phi) is 3.38. The van der Waals surface area contributed by atoms with Gasteiger partial charge < -0.3 is 11.1 Å². The summed E-state index contributed by atoms with van der Waals surface area (Å²) in [6, 6.07) is 4.50.